The summed E-state index contributed by atoms with van der Waals surface area (Å²) in [4.78, 5) is 11.6. The van der Waals surface area contributed by atoms with Crippen LogP contribution in [0.5, 0.6) is 0 Å². The Morgan fingerprint density at radius 3 is 2.67 bits per heavy atom. The summed E-state index contributed by atoms with van der Waals surface area (Å²) in [6, 6.07) is 4.21. The summed E-state index contributed by atoms with van der Waals surface area (Å²) < 4.78 is 5.60. The van der Waals surface area contributed by atoms with Crippen molar-refractivity contribution in [2.24, 2.45) is 10.9 Å². The topological polar surface area (TPSA) is 61.8 Å². The first-order valence-electron chi connectivity index (χ1n) is 9.99. The summed E-state index contributed by atoms with van der Waals surface area (Å²) in [6.07, 6.45) is 4.57. The molecule has 0 spiro atoms. The number of aliphatic imine (C=N–C) groups is 1. The van der Waals surface area contributed by atoms with Gasteiger partial charge in [0.05, 0.1) is 19.3 Å². The van der Waals surface area contributed by atoms with Crippen LogP contribution in [0.25, 0.3) is 0 Å². The number of hydrogen-bond acceptors (Lipinski definition) is 4. The smallest absolute Gasteiger partial charge is 0.191 e. The van der Waals surface area contributed by atoms with Crippen LogP contribution in [0.2, 0.25) is 0 Å². The van der Waals surface area contributed by atoms with Gasteiger partial charge in [0.2, 0.25) is 0 Å². The molecule has 0 amide bonds. The predicted octanol–water partition coefficient (Wildman–Crippen LogP) is 3.42. The van der Waals surface area contributed by atoms with Crippen LogP contribution in [0.4, 0.5) is 5.82 Å². The lowest BCUT2D eigenvalue weighted by atomic mass is 10.0. The lowest BCUT2D eigenvalue weighted by Crippen LogP contribution is -2.41. The average Bonchev–Trinajstić information content (AvgIpc) is 2.67. The zero-order valence-electron chi connectivity index (χ0n) is 17.2. The fourth-order valence-electron chi connectivity index (χ4n) is 3.05. The molecule has 1 aliphatic heterocycles. The van der Waals surface area contributed by atoms with Gasteiger partial charge in [-0.05, 0) is 31.4 Å². The Morgan fingerprint density at radius 1 is 1.30 bits per heavy atom. The maximum atomic E-state index is 5.60. The van der Waals surface area contributed by atoms with Crippen molar-refractivity contribution >= 4 is 35.8 Å². The largest absolute Gasteiger partial charge is 0.375 e. The van der Waals surface area contributed by atoms with Gasteiger partial charge in [-0.3, -0.25) is 0 Å². The lowest BCUT2D eigenvalue weighted by Gasteiger charge is -2.32. The molecular formula is C20H36IN5O. The van der Waals surface area contributed by atoms with Gasteiger partial charge in [-0.2, -0.15) is 0 Å². The van der Waals surface area contributed by atoms with E-state index in [0.29, 0.717) is 12.5 Å². The molecule has 27 heavy (non-hydrogen) atoms. The minimum absolute atomic E-state index is 0. The number of guanidine groups is 1. The van der Waals surface area contributed by atoms with E-state index in [-0.39, 0.29) is 30.1 Å². The molecule has 0 radical (unpaired) electrons. The number of anilines is 1. The third-order valence-electron chi connectivity index (χ3n) is 4.85. The molecular weight excluding hydrogens is 453 g/mol. The van der Waals surface area contributed by atoms with Crippen molar-refractivity contribution in [3.8, 4) is 0 Å². The van der Waals surface area contributed by atoms with Crippen LogP contribution in [0.3, 0.4) is 0 Å². The summed E-state index contributed by atoms with van der Waals surface area (Å²) in [6.45, 7) is 13.7. The van der Waals surface area contributed by atoms with Crippen LogP contribution in [0.1, 0.15) is 46.1 Å². The van der Waals surface area contributed by atoms with Gasteiger partial charge >= 0.3 is 0 Å². The van der Waals surface area contributed by atoms with E-state index in [9.17, 15) is 0 Å². The highest BCUT2D eigenvalue weighted by atomic mass is 127. The van der Waals surface area contributed by atoms with E-state index in [4.69, 9.17) is 9.73 Å². The standard InChI is InChI=1S/C20H35N5O.HI/c1-5-17(6-2)12-23-20(21-7-3)24-14-18-8-9-19(22-13-18)25-10-11-26-16(4)15-25;/h8-9,13,16-17H,5-7,10-12,14-15H2,1-4H3,(H2,21,23,24);1H. The van der Waals surface area contributed by atoms with Gasteiger partial charge in [-0.15, -0.1) is 24.0 Å². The third kappa shape index (κ3) is 8.21. The highest BCUT2D eigenvalue weighted by Gasteiger charge is 2.17. The number of halogens is 1. The summed E-state index contributed by atoms with van der Waals surface area (Å²) in [7, 11) is 0. The van der Waals surface area contributed by atoms with Crippen LogP contribution in [0, 0.1) is 5.92 Å². The molecule has 1 fully saturated rings. The first-order chi connectivity index (χ1) is 12.7. The van der Waals surface area contributed by atoms with Gasteiger partial charge in [-0.25, -0.2) is 9.98 Å². The first kappa shape index (κ1) is 23.9. The summed E-state index contributed by atoms with van der Waals surface area (Å²) in [5, 5.41) is 6.78. The molecule has 1 aromatic heterocycles. The molecule has 1 aromatic rings. The van der Waals surface area contributed by atoms with Crippen LogP contribution < -0.4 is 15.5 Å². The maximum Gasteiger partial charge on any atom is 0.191 e. The first-order valence-corrected chi connectivity index (χ1v) is 9.99. The monoisotopic (exact) mass is 489 g/mol. The number of nitrogens with zero attached hydrogens (tertiary/aromatic N) is 3. The Kier molecular flexibility index (Phi) is 11.7. The van der Waals surface area contributed by atoms with Gasteiger partial charge in [0, 0.05) is 32.4 Å². The van der Waals surface area contributed by atoms with Crippen molar-refractivity contribution in [1.29, 1.82) is 0 Å². The maximum absolute atomic E-state index is 5.60. The van der Waals surface area contributed by atoms with E-state index in [1.54, 1.807) is 0 Å². The Bertz CT molecular complexity index is 548. The third-order valence-corrected chi connectivity index (χ3v) is 4.85. The van der Waals surface area contributed by atoms with Crippen molar-refractivity contribution in [2.75, 3.05) is 37.7 Å². The number of morpholine rings is 1. The van der Waals surface area contributed by atoms with E-state index < -0.39 is 0 Å². The molecule has 1 atom stereocenters. The molecule has 2 rings (SSSR count). The summed E-state index contributed by atoms with van der Waals surface area (Å²) in [5.74, 6) is 2.59. The van der Waals surface area contributed by atoms with Gasteiger partial charge in [0.1, 0.15) is 5.82 Å². The Labute approximate surface area is 181 Å². The Balaban J connectivity index is 0.00000364. The molecule has 1 saturated heterocycles. The van der Waals surface area contributed by atoms with Gasteiger partial charge < -0.3 is 20.3 Å². The van der Waals surface area contributed by atoms with Crippen molar-refractivity contribution in [3.63, 3.8) is 0 Å². The van der Waals surface area contributed by atoms with E-state index >= 15 is 0 Å². The Morgan fingerprint density at radius 2 is 2.07 bits per heavy atom. The molecule has 1 unspecified atom stereocenters. The van der Waals surface area contributed by atoms with Crippen LogP contribution in [-0.4, -0.2) is 49.8 Å². The number of ether oxygens (including phenoxy) is 1. The van der Waals surface area contributed by atoms with Gasteiger partial charge in [0.15, 0.2) is 5.96 Å². The summed E-state index contributed by atoms with van der Waals surface area (Å²) >= 11 is 0. The number of aromatic nitrogens is 1. The molecule has 0 bridgehead atoms. The lowest BCUT2D eigenvalue weighted by molar-refractivity contribution is 0.0529. The van der Waals surface area contributed by atoms with Crippen LogP contribution >= 0.6 is 24.0 Å². The second-order valence-corrected chi connectivity index (χ2v) is 6.91. The second-order valence-electron chi connectivity index (χ2n) is 6.91. The zero-order chi connectivity index (χ0) is 18.8. The highest BCUT2D eigenvalue weighted by Crippen LogP contribution is 2.15. The second kappa shape index (κ2) is 13.1. The quantitative estimate of drug-likeness (QED) is 0.333. The Hall–Kier alpha value is -1.09. The number of hydrogen-bond donors (Lipinski definition) is 2. The molecule has 1 aliphatic rings. The minimum Gasteiger partial charge on any atom is -0.375 e. The predicted molar refractivity (Wildman–Crippen MR) is 124 cm³/mol. The van der Waals surface area contributed by atoms with Gasteiger partial charge in [-0.1, -0.05) is 32.8 Å². The summed E-state index contributed by atoms with van der Waals surface area (Å²) in [5.41, 5.74) is 1.12. The van der Waals surface area contributed by atoms with Gasteiger partial charge in [0.25, 0.3) is 0 Å². The number of pyridine rings is 1. The number of nitrogens with one attached hydrogen (secondary N) is 2. The molecule has 2 N–H and O–H groups in total. The zero-order valence-corrected chi connectivity index (χ0v) is 19.5. The SMILES string of the molecule is CCNC(=NCc1ccc(N2CCOC(C)C2)nc1)NCC(CC)CC.I. The average molecular weight is 489 g/mol. The highest BCUT2D eigenvalue weighted by molar-refractivity contribution is 14.0. The van der Waals surface area contributed by atoms with E-state index in [1.807, 2.05) is 6.20 Å². The molecule has 6 nitrogen and oxygen atoms in total. The van der Waals surface area contributed by atoms with E-state index in [1.165, 1.54) is 12.8 Å². The number of rotatable bonds is 8. The normalized spacial score (nSPS) is 17.6. The minimum atomic E-state index is 0. The van der Waals surface area contributed by atoms with Crippen molar-refractivity contribution < 1.29 is 4.74 Å². The van der Waals surface area contributed by atoms with E-state index in [0.717, 1.165) is 50.1 Å². The van der Waals surface area contributed by atoms with E-state index in [2.05, 4.69) is 60.3 Å². The van der Waals surface area contributed by atoms with Crippen molar-refractivity contribution in [3.05, 3.63) is 23.9 Å². The fraction of sp³-hybridized carbons (Fsp3) is 0.700. The molecule has 7 heteroatoms. The molecule has 0 aliphatic carbocycles. The molecule has 0 aromatic carbocycles. The van der Waals surface area contributed by atoms with Crippen LogP contribution in [-0.2, 0) is 11.3 Å². The molecule has 2 heterocycles. The van der Waals surface area contributed by atoms with Crippen molar-refractivity contribution in [2.45, 2.75) is 53.2 Å². The van der Waals surface area contributed by atoms with Crippen LogP contribution in [0.15, 0.2) is 23.3 Å². The molecule has 154 valence electrons. The molecule has 0 saturated carbocycles. The van der Waals surface area contributed by atoms with Crippen molar-refractivity contribution in [1.82, 2.24) is 15.6 Å². The fourth-order valence-corrected chi connectivity index (χ4v) is 3.05.